The van der Waals surface area contributed by atoms with Crippen molar-refractivity contribution >= 4 is 15.8 Å². The number of hydrogen-bond donors (Lipinski definition) is 2. The number of rotatable bonds is 4. The molecule has 0 saturated carbocycles. The molecule has 0 radical (unpaired) electrons. The van der Waals surface area contributed by atoms with E-state index in [-0.39, 0.29) is 22.3 Å². The van der Waals surface area contributed by atoms with Crippen LogP contribution in [-0.2, 0) is 10.0 Å². The fraction of sp³-hybridized carbons (Fsp3) is 0.250. The van der Waals surface area contributed by atoms with Crippen LogP contribution in [-0.4, -0.2) is 23.6 Å². The van der Waals surface area contributed by atoms with Gasteiger partial charge in [0.25, 0.3) is 10.0 Å². The van der Waals surface area contributed by atoms with Gasteiger partial charge in [0.2, 0.25) is 0 Å². The summed E-state index contributed by atoms with van der Waals surface area (Å²) in [6, 6.07) is 6.15. The predicted molar refractivity (Wildman–Crippen MR) is 72.4 cm³/mol. The number of hydrogen-bond acceptors (Lipinski definition) is 5. The lowest BCUT2D eigenvalue weighted by molar-refractivity contribution is 0.600. The first-order valence-corrected chi connectivity index (χ1v) is 7.35. The zero-order valence-corrected chi connectivity index (χ0v) is 11.8. The van der Waals surface area contributed by atoms with E-state index in [9.17, 15) is 8.42 Å². The Labute approximate surface area is 116 Å². The van der Waals surface area contributed by atoms with Crippen molar-refractivity contribution in [2.24, 2.45) is 0 Å². The second-order valence-electron chi connectivity index (χ2n) is 4.43. The van der Waals surface area contributed by atoms with Crippen LogP contribution in [0.15, 0.2) is 29.3 Å². The van der Waals surface area contributed by atoms with Crippen LogP contribution in [0, 0.1) is 11.3 Å². The molecule has 0 spiro atoms. The van der Waals surface area contributed by atoms with Gasteiger partial charge in [-0.25, -0.2) is 13.4 Å². The quantitative estimate of drug-likeness (QED) is 0.888. The van der Waals surface area contributed by atoms with Gasteiger partial charge >= 0.3 is 0 Å². The fourth-order valence-electron chi connectivity index (χ4n) is 1.57. The molecule has 0 aliphatic heterocycles. The van der Waals surface area contributed by atoms with E-state index in [0.717, 1.165) is 5.69 Å². The lowest BCUT2D eigenvalue weighted by Gasteiger charge is -2.05. The summed E-state index contributed by atoms with van der Waals surface area (Å²) in [4.78, 5) is 3.56. The van der Waals surface area contributed by atoms with Crippen LogP contribution < -0.4 is 4.72 Å². The second kappa shape index (κ2) is 5.30. The average Bonchev–Trinajstić information content (AvgIpc) is 2.86. The Bertz CT molecular complexity index is 758. The Kier molecular flexibility index (Phi) is 3.72. The van der Waals surface area contributed by atoms with Gasteiger partial charge in [-0.05, 0) is 18.1 Å². The van der Waals surface area contributed by atoms with Crippen molar-refractivity contribution in [3.8, 4) is 6.07 Å². The lowest BCUT2D eigenvalue weighted by atomic mass is 10.1. The molecule has 20 heavy (non-hydrogen) atoms. The van der Waals surface area contributed by atoms with Crippen molar-refractivity contribution < 1.29 is 8.42 Å². The van der Waals surface area contributed by atoms with Gasteiger partial charge in [0, 0.05) is 18.0 Å². The number of anilines is 1. The summed E-state index contributed by atoms with van der Waals surface area (Å²) in [7, 11) is -3.89. The van der Waals surface area contributed by atoms with E-state index in [1.54, 1.807) is 12.1 Å². The van der Waals surface area contributed by atoms with Crippen molar-refractivity contribution in [2.75, 3.05) is 4.72 Å². The monoisotopic (exact) mass is 291 g/mol. The molecule has 2 N–H and O–H groups in total. The number of nitrogens with zero attached hydrogens (tertiary/aromatic N) is 3. The third kappa shape index (κ3) is 2.78. The maximum Gasteiger partial charge on any atom is 0.265 e. The molecule has 0 atom stereocenters. The summed E-state index contributed by atoms with van der Waals surface area (Å²) in [5.41, 5.74) is 0.661. The molecule has 8 heteroatoms. The van der Waals surface area contributed by atoms with Crippen LogP contribution in [0.25, 0.3) is 0 Å². The van der Waals surface area contributed by atoms with Gasteiger partial charge in [-0.15, -0.1) is 0 Å². The van der Waals surface area contributed by atoms with E-state index >= 15 is 0 Å². The summed E-state index contributed by atoms with van der Waals surface area (Å²) < 4.78 is 26.7. The third-order valence-corrected chi connectivity index (χ3v) is 4.01. The number of sulfonamides is 1. The van der Waals surface area contributed by atoms with Crippen molar-refractivity contribution in [3.63, 3.8) is 0 Å². The minimum atomic E-state index is -3.89. The van der Waals surface area contributed by atoms with E-state index in [2.05, 4.69) is 19.9 Å². The van der Waals surface area contributed by atoms with Gasteiger partial charge in [0.05, 0.1) is 0 Å². The van der Waals surface area contributed by atoms with E-state index < -0.39 is 10.0 Å². The molecular weight excluding hydrogens is 278 g/mol. The van der Waals surface area contributed by atoms with E-state index in [0.29, 0.717) is 0 Å². The zero-order valence-electron chi connectivity index (χ0n) is 11.0. The van der Waals surface area contributed by atoms with E-state index in [4.69, 9.17) is 5.26 Å². The molecule has 0 aliphatic rings. The van der Waals surface area contributed by atoms with Crippen LogP contribution in [0.1, 0.15) is 31.2 Å². The number of pyridine rings is 1. The molecular formula is C12H13N5O2S. The average molecular weight is 291 g/mol. The first kappa shape index (κ1) is 14.0. The molecule has 104 valence electrons. The highest BCUT2D eigenvalue weighted by Gasteiger charge is 2.20. The fourth-order valence-corrected chi connectivity index (χ4v) is 2.67. The molecule has 0 amide bonds. The highest BCUT2D eigenvalue weighted by molar-refractivity contribution is 7.92. The summed E-state index contributed by atoms with van der Waals surface area (Å²) in [6.07, 6.45) is 1.36. The molecule has 2 heterocycles. The zero-order chi connectivity index (χ0) is 14.8. The number of aromatic amines is 1. The SMILES string of the molecule is CC(C)c1cc(NS(=O)(=O)c2cccnc2C#N)n[nH]1. The maximum atomic E-state index is 12.2. The van der Waals surface area contributed by atoms with Crippen LogP contribution in [0.3, 0.4) is 0 Å². The first-order chi connectivity index (χ1) is 9.44. The minimum Gasteiger partial charge on any atom is -0.280 e. The molecule has 7 nitrogen and oxygen atoms in total. The molecule has 0 unspecified atom stereocenters. The Morgan fingerprint density at radius 3 is 2.80 bits per heavy atom. The lowest BCUT2D eigenvalue weighted by Crippen LogP contribution is -2.15. The van der Waals surface area contributed by atoms with Gasteiger partial charge in [0.15, 0.2) is 11.5 Å². The normalized spacial score (nSPS) is 11.3. The Hall–Kier alpha value is -2.40. The standard InChI is InChI=1S/C12H13N5O2S/c1-8(2)9-6-12(16-15-9)17-20(18,19)11-4-3-5-14-10(11)7-13/h3-6,8H,1-2H3,(H2,15,16,17). The van der Waals surface area contributed by atoms with Crippen molar-refractivity contribution in [1.29, 1.82) is 5.26 Å². The Morgan fingerprint density at radius 2 is 2.20 bits per heavy atom. The molecule has 0 aromatic carbocycles. The highest BCUT2D eigenvalue weighted by Crippen LogP contribution is 2.19. The second-order valence-corrected chi connectivity index (χ2v) is 6.08. The highest BCUT2D eigenvalue weighted by atomic mass is 32.2. The van der Waals surface area contributed by atoms with Crippen molar-refractivity contribution in [1.82, 2.24) is 15.2 Å². The number of aromatic nitrogens is 3. The van der Waals surface area contributed by atoms with Crippen LogP contribution >= 0.6 is 0 Å². The number of nitriles is 1. The number of H-pyrrole nitrogens is 1. The molecule has 0 fully saturated rings. The smallest absolute Gasteiger partial charge is 0.265 e. The van der Waals surface area contributed by atoms with Crippen molar-refractivity contribution in [2.45, 2.75) is 24.7 Å². The largest absolute Gasteiger partial charge is 0.280 e. The van der Waals surface area contributed by atoms with Gasteiger partial charge in [0.1, 0.15) is 11.0 Å². The Morgan fingerprint density at radius 1 is 1.45 bits per heavy atom. The van der Waals surface area contributed by atoms with Crippen LogP contribution in [0.2, 0.25) is 0 Å². The first-order valence-electron chi connectivity index (χ1n) is 5.87. The molecule has 2 aromatic heterocycles. The maximum absolute atomic E-state index is 12.2. The summed E-state index contributed by atoms with van der Waals surface area (Å²) in [5, 5.41) is 15.5. The van der Waals surface area contributed by atoms with Crippen molar-refractivity contribution in [3.05, 3.63) is 35.8 Å². The third-order valence-electron chi connectivity index (χ3n) is 2.62. The van der Waals surface area contributed by atoms with Crippen LogP contribution in [0.4, 0.5) is 5.82 Å². The number of nitrogens with one attached hydrogen (secondary N) is 2. The minimum absolute atomic E-state index is 0.153. The van der Waals surface area contributed by atoms with Gasteiger partial charge in [-0.1, -0.05) is 13.8 Å². The van der Waals surface area contributed by atoms with Crippen LogP contribution in [0.5, 0.6) is 0 Å². The van der Waals surface area contributed by atoms with E-state index in [1.807, 2.05) is 13.8 Å². The summed E-state index contributed by atoms with van der Waals surface area (Å²) >= 11 is 0. The summed E-state index contributed by atoms with van der Waals surface area (Å²) in [5.74, 6) is 0.384. The van der Waals surface area contributed by atoms with Gasteiger partial charge in [-0.2, -0.15) is 10.4 Å². The molecule has 0 aliphatic carbocycles. The topological polar surface area (TPSA) is 112 Å². The van der Waals surface area contributed by atoms with E-state index in [1.165, 1.54) is 18.3 Å². The molecule has 0 bridgehead atoms. The Balaban J connectivity index is 2.34. The predicted octanol–water partition coefficient (Wildman–Crippen LogP) is 1.60. The van der Waals surface area contributed by atoms with Gasteiger partial charge in [-0.3, -0.25) is 9.82 Å². The van der Waals surface area contributed by atoms with Gasteiger partial charge < -0.3 is 0 Å². The molecule has 2 rings (SSSR count). The summed E-state index contributed by atoms with van der Waals surface area (Å²) in [6.45, 7) is 3.92. The molecule has 0 saturated heterocycles. The molecule has 2 aromatic rings.